The van der Waals surface area contributed by atoms with Crippen molar-refractivity contribution in [3.63, 3.8) is 0 Å². The van der Waals surface area contributed by atoms with E-state index in [0.717, 1.165) is 5.75 Å². The van der Waals surface area contributed by atoms with E-state index in [-0.39, 0.29) is 0 Å². The highest BCUT2D eigenvalue weighted by atomic mass is 127. The molecule has 0 fully saturated rings. The predicted molar refractivity (Wildman–Crippen MR) is 104 cm³/mol. The van der Waals surface area contributed by atoms with E-state index in [1.54, 1.807) is 0 Å². The number of thioether (sulfide) groups is 1. The second kappa shape index (κ2) is 6.63. The lowest BCUT2D eigenvalue weighted by atomic mass is 10.1. The van der Waals surface area contributed by atoms with Crippen molar-refractivity contribution < 1.29 is 0 Å². The van der Waals surface area contributed by atoms with Gasteiger partial charge in [-0.15, -0.1) is 11.8 Å². The average molecular weight is 423 g/mol. The molecule has 0 bridgehead atoms. The Bertz CT molecular complexity index is 774. The normalized spacial score (nSPS) is 11.0. The van der Waals surface area contributed by atoms with Crippen molar-refractivity contribution in [2.75, 3.05) is 0 Å². The second-order valence-electron chi connectivity index (χ2n) is 5.20. The van der Waals surface area contributed by atoms with Gasteiger partial charge in [0.25, 0.3) is 2.88 Å². The van der Waals surface area contributed by atoms with Gasteiger partial charge in [-0.3, -0.25) is 0 Å². The molecule has 0 saturated carbocycles. The Labute approximate surface area is 147 Å². The quantitative estimate of drug-likeness (QED) is 0.257. The van der Waals surface area contributed by atoms with Crippen LogP contribution in [0.3, 0.4) is 0 Å². The highest BCUT2D eigenvalue weighted by Crippen LogP contribution is 2.37. The van der Waals surface area contributed by atoms with E-state index < -0.39 is 0 Å². The summed E-state index contributed by atoms with van der Waals surface area (Å²) in [5, 5.41) is 4.99. The van der Waals surface area contributed by atoms with Gasteiger partial charge in [-0.05, 0) is 31.5 Å². The van der Waals surface area contributed by atoms with Crippen LogP contribution in [-0.2, 0) is 5.75 Å². The summed E-state index contributed by atoms with van der Waals surface area (Å²) in [5.41, 5.74) is 4.03. The van der Waals surface area contributed by atoms with Crippen molar-refractivity contribution in [3.05, 3.63) is 67.4 Å². The molecule has 0 nitrogen and oxygen atoms in total. The number of halogens is 1. The third-order valence-electron chi connectivity index (χ3n) is 3.43. The van der Waals surface area contributed by atoms with E-state index in [2.05, 4.69) is 84.3 Å². The van der Waals surface area contributed by atoms with Crippen LogP contribution >= 0.6 is 45.7 Å². The van der Waals surface area contributed by atoms with Crippen LogP contribution < -0.4 is 0 Å². The largest absolute Gasteiger partial charge is 0.280 e. The van der Waals surface area contributed by atoms with E-state index >= 15 is 0 Å². The van der Waals surface area contributed by atoms with E-state index in [9.17, 15) is 0 Å². The summed E-state index contributed by atoms with van der Waals surface area (Å²) in [4.78, 5) is 1.42. The van der Waals surface area contributed by atoms with Gasteiger partial charge in [0.05, 0.1) is 4.90 Å². The molecular formula is C18H16IS2+. The molecule has 0 atom stereocenters. The fraction of sp³-hybridized carbons (Fsp3) is 0.167. The smallest absolute Gasteiger partial charge is 0.114 e. The lowest BCUT2D eigenvalue weighted by molar-refractivity contribution is 1.36. The molecule has 2 aromatic carbocycles. The van der Waals surface area contributed by atoms with Crippen LogP contribution in [0.5, 0.6) is 0 Å². The van der Waals surface area contributed by atoms with Crippen molar-refractivity contribution in [2.24, 2.45) is 0 Å². The maximum absolute atomic E-state index is 2.47. The molecule has 3 aromatic rings. The molecule has 21 heavy (non-hydrogen) atoms. The number of hydrogen-bond acceptors (Lipinski definition) is 1. The molecular weight excluding hydrogens is 407 g/mol. The zero-order chi connectivity index (χ0) is 14.8. The molecule has 106 valence electrons. The van der Waals surface area contributed by atoms with E-state index in [0.29, 0.717) is 0 Å². The Morgan fingerprint density at radius 3 is 2.48 bits per heavy atom. The number of fused-ring (bicyclic) bond motifs is 1. The third kappa shape index (κ3) is 3.58. The minimum Gasteiger partial charge on any atom is -0.114 e. The first-order chi connectivity index (χ1) is 10.1. The molecule has 0 aliphatic rings. The Balaban J connectivity index is 1.94. The number of rotatable bonds is 3. The molecule has 0 amide bonds. The highest BCUT2D eigenvalue weighted by Gasteiger charge is 2.16. The summed E-state index contributed by atoms with van der Waals surface area (Å²) in [5.74, 6) is 1.02. The van der Waals surface area contributed by atoms with Crippen LogP contribution in [0.2, 0.25) is 0 Å². The first kappa shape index (κ1) is 15.3. The van der Waals surface area contributed by atoms with Gasteiger partial charge in [-0.2, -0.15) is 0 Å². The zero-order valence-electron chi connectivity index (χ0n) is 12.0. The van der Waals surface area contributed by atoms with Gasteiger partial charge in [0.15, 0.2) is 0 Å². The van der Waals surface area contributed by atoms with Crippen molar-refractivity contribution in [3.8, 4) is 0 Å². The Kier molecular flexibility index (Phi) is 4.82. The van der Waals surface area contributed by atoms with Gasteiger partial charge in [0, 0.05) is 39.1 Å². The third-order valence-corrected chi connectivity index (χ3v) is 7.20. The predicted octanol–water partition coefficient (Wildman–Crippen LogP) is 6.70. The minimum atomic E-state index is 1.02. The molecule has 0 saturated heterocycles. The number of benzene rings is 2. The molecule has 1 heterocycles. The van der Waals surface area contributed by atoms with Crippen molar-refractivity contribution in [2.45, 2.75) is 24.5 Å². The fourth-order valence-corrected chi connectivity index (χ4v) is 5.28. The van der Waals surface area contributed by atoms with Crippen LogP contribution in [0.15, 0.2) is 52.7 Å². The van der Waals surface area contributed by atoms with Crippen molar-refractivity contribution in [1.82, 2.24) is 0 Å². The number of hydrogen-bond donors (Lipinski definition) is 0. The molecule has 0 N–H and O–H groups in total. The van der Waals surface area contributed by atoms with Gasteiger partial charge >= 0.3 is 0 Å². The Morgan fingerprint density at radius 2 is 1.71 bits per heavy atom. The standard InChI is InChI=1S/C18H16IS2/c1-12-3-6-14(7-4-12)10-20-17-16-9-13(2)5-8-15(16)11-21-18(17)19/h3-9,11H,10H2,1-2H3/q+1. The summed E-state index contributed by atoms with van der Waals surface area (Å²) in [6, 6.07) is 15.6. The van der Waals surface area contributed by atoms with Gasteiger partial charge in [-0.1, -0.05) is 41.5 Å². The van der Waals surface area contributed by atoms with Crippen LogP contribution in [0.4, 0.5) is 0 Å². The summed E-state index contributed by atoms with van der Waals surface area (Å²) >= 11 is 6.25. The summed E-state index contributed by atoms with van der Waals surface area (Å²) < 4.78 is 1.38. The Morgan fingerprint density at radius 1 is 1.00 bits per heavy atom. The molecule has 0 radical (unpaired) electrons. The van der Waals surface area contributed by atoms with E-state index in [4.69, 9.17) is 0 Å². The van der Waals surface area contributed by atoms with E-state index in [1.165, 1.54) is 35.2 Å². The lowest BCUT2D eigenvalue weighted by Gasteiger charge is -2.05. The summed E-state index contributed by atoms with van der Waals surface area (Å²) in [6.45, 7) is 4.30. The summed E-state index contributed by atoms with van der Waals surface area (Å²) in [6.07, 6.45) is 0. The lowest BCUT2D eigenvalue weighted by Crippen LogP contribution is -1.85. The molecule has 0 spiro atoms. The molecule has 0 aliphatic heterocycles. The monoisotopic (exact) mass is 423 g/mol. The van der Waals surface area contributed by atoms with Crippen molar-refractivity contribution in [1.29, 1.82) is 0 Å². The first-order valence-corrected chi connectivity index (χ1v) is 9.77. The van der Waals surface area contributed by atoms with E-state index in [1.807, 2.05) is 23.1 Å². The van der Waals surface area contributed by atoms with Crippen molar-refractivity contribution >= 4 is 56.5 Å². The molecule has 3 heteroatoms. The summed E-state index contributed by atoms with van der Waals surface area (Å²) in [7, 11) is 0. The van der Waals surface area contributed by atoms with Crippen LogP contribution in [0, 0.1) is 16.7 Å². The van der Waals surface area contributed by atoms with Gasteiger partial charge < -0.3 is 0 Å². The maximum Gasteiger partial charge on any atom is 0.280 e. The molecule has 3 rings (SSSR count). The highest BCUT2D eigenvalue weighted by molar-refractivity contribution is 14.1. The molecule has 0 unspecified atom stereocenters. The second-order valence-corrected chi connectivity index (χ2v) is 8.88. The van der Waals surface area contributed by atoms with Gasteiger partial charge in [0.2, 0.25) is 16.7 Å². The van der Waals surface area contributed by atoms with Crippen LogP contribution in [0.25, 0.3) is 10.8 Å². The average Bonchev–Trinajstić information content (AvgIpc) is 2.48. The zero-order valence-corrected chi connectivity index (χ0v) is 15.8. The van der Waals surface area contributed by atoms with Gasteiger partial charge in [-0.25, -0.2) is 0 Å². The SMILES string of the molecule is Cc1ccc(CSc2c(I)[s+]cc3ccc(C)cc23)cc1. The number of aryl methyl sites for hydroxylation is 2. The fourth-order valence-electron chi connectivity index (χ4n) is 2.22. The molecule has 0 aliphatic carbocycles. The molecule has 1 aromatic heterocycles. The maximum atomic E-state index is 2.47. The minimum absolute atomic E-state index is 1.02. The van der Waals surface area contributed by atoms with Crippen LogP contribution in [0.1, 0.15) is 16.7 Å². The van der Waals surface area contributed by atoms with Gasteiger partial charge in [0.1, 0.15) is 0 Å². The first-order valence-electron chi connectivity index (χ1n) is 6.82. The topological polar surface area (TPSA) is 0 Å². The van der Waals surface area contributed by atoms with Crippen LogP contribution in [-0.4, -0.2) is 0 Å². The Hall–Kier alpha value is -0.650.